The molecule has 0 aliphatic heterocycles. The zero-order chi connectivity index (χ0) is 11.9. The van der Waals surface area contributed by atoms with E-state index in [0.29, 0.717) is 5.92 Å². The standard InChI is InChI=1S/C13H19N3O/c17-13(12-1-2-12)16-10-9-15-8-5-11-3-6-14-7-4-11/h3-4,6-7,12,15H,1-2,5,8-10H2,(H,16,17). The molecule has 1 saturated carbocycles. The van der Waals surface area contributed by atoms with Crippen molar-refractivity contribution in [3.8, 4) is 0 Å². The molecule has 2 rings (SSSR count). The second-order valence-corrected chi connectivity index (χ2v) is 4.42. The minimum absolute atomic E-state index is 0.223. The molecule has 4 nitrogen and oxygen atoms in total. The summed E-state index contributed by atoms with van der Waals surface area (Å²) in [5.41, 5.74) is 1.29. The first-order chi connectivity index (χ1) is 8.36. The van der Waals surface area contributed by atoms with Gasteiger partial charge in [-0.25, -0.2) is 0 Å². The van der Waals surface area contributed by atoms with Gasteiger partial charge in [-0.1, -0.05) is 0 Å². The molecule has 1 amide bonds. The monoisotopic (exact) mass is 233 g/mol. The highest BCUT2D eigenvalue weighted by molar-refractivity contribution is 5.80. The normalized spacial score (nSPS) is 14.6. The number of carbonyl (C=O) groups excluding carboxylic acids is 1. The molecule has 0 atom stereocenters. The number of aromatic nitrogens is 1. The number of hydrogen-bond acceptors (Lipinski definition) is 3. The summed E-state index contributed by atoms with van der Waals surface area (Å²) in [5.74, 6) is 0.535. The van der Waals surface area contributed by atoms with Crippen LogP contribution in [0, 0.1) is 5.92 Å². The highest BCUT2D eigenvalue weighted by atomic mass is 16.2. The molecule has 1 fully saturated rings. The molecule has 0 radical (unpaired) electrons. The maximum absolute atomic E-state index is 11.3. The predicted molar refractivity (Wildman–Crippen MR) is 66.5 cm³/mol. The van der Waals surface area contributed by atoms with E-state index < -0.39 is 0 Å². The van der Waals surface area contributed by atoms with Crippen LogP contribution in [0.2, 0.25) is 0 Å². The maximum Gasteiger partial charge on any atom is 0.223 e. The molecule has 0 bridgehead atoms. The topological polar surface area (TPSA) is 54.0 Å². The summed E-state index contributed by atoms with van der Waals surface area (Å²) in [7, 11) is 0. The first kappa shape index (κ1) is 12.0. The summed E-state index contributed by atoms with van der Waals surface area (Å²) in [6.45, 7) is 2.50. The van der Waals surface area contributed by atoms with E-state index in [2.05, 4.69) is 15.6 Å². The van der Waals surface area contributed by atoms with Crippen LogP contribution < -0.4 is 10.6 Å². The van der Waals surface area contributed by atoms with E-state index in [1.54, 1.807) is 0 Å². The Kier molecular flexibility index (Phi) is 4.50. The fourth-order valence-electron chi connectivity index (χ4n) is 1.67. The molecule has 1 aromatic heterocycles. The minimum Gasteiger partial charge on any atom is -0.355 e. The summed E-state index contributed by atoms with van der Waals surface area (Å²) in [6.07, 6.45) is 6.76. The van der Waals surface area contributed by atoms with Gasteiger partial charge >= 0.3 is 0 Å². The van der Waals surface area contributed by atoms with Gasteiger partial charge in [-0.2, -0.15) is 0 Å². The lowest BCUT2D eigenvalue weighted by Crippen LogP contribution is -2.33. The summed E-state index contributed by atoms with van der Waals surface area (Å²) in [6, 6.07) is 4.05. The van der Waals surface area contributed by atoms with E-state index in [-0.39, 0.29) is 5.91 Å². The van der Waals surface area contributed by atoms with Crippen molar-refractivity contribution < 1.29 is 4.79 Å². The fourth-order valence-corrected chi connectivity index (χ4v) is 1.67. The van der Waals surface area contributed by atoms with Crippen LogP contribution in [0.4, 0.5) is 0 Å². The van der Waals surface area contributed by atoms with Crippen molar-refractivity contribution >= 4 is 5.91 Å². The summed E-state index contributed by atoms with van der Waals surface area (Å²) >= 11 is 0. The molecule has 92 valence electrons. The Hall–Kier alpha value is -1.42. The van der Waals surface area contributed by atoms with E-state index in [9.17, 15) is 4.79 Å². The molecule has 0 unspecified atom stereocenters. The number of pyridine rings is 1. The number of carbonyl (C=O) groups is 1. The highest BCUT2D eigenvalue weighted by Crippen LogP contribution is 2.28. The third-order valence-corrected chi connectivity index (χ3v) is 2.89. The fraction of sp³-hybridized carbons (Fsp3) is 0.538. The largest absolute Gasteiger partial charge is 0.355 e. The first-order valence-electron chi connectivity index (χ1n) is 6.23. The van der Waals surface area contributed by atoms with Gasteiger partial charge in [-0.05, 0) is 43.5 Å². The van der Waals surface area contributed by atoms with Crippen molar-refractivity contribution in [2.24, 2.45) is 5.92 Å². The quantitative estimate of drug-likeness (QED) is 0.683. The molecule has 17 heavy (non-hydrogen) atoms. The van der Waals surface area contributed by atoms with Gasteiger partial charge in [0.15, 0.2) is 0 Å². The van der Waals surface area contributed by atoms with E-state index in [1.165, 1.54) is 5.56 Å². The summed E-state index contributed by atoms with van der Waals surface area (Å²) in [5, 5.41) is 6.25. The van der Waals surface area contributed by atoms with Crippen molar-refractivity contribution in [1.82, 2.24) is 15.6 Å². The van der Waals surface area contributed by atoms with E-state index in [0.717, 1.165) is 38.9 Å². The van der Waals surface area contributed by atoms with Gasteiger partial charge in [0.2, 0.25) is 5.91 Å². The Bertz CT molecular complexity index is 349. The lowest BCUT2D eigenvalue weighted by atomic mass is 10.2. The zero-order valence-corrected chi connectivity index (χ0v) is 9.98. The van der Waals surface area contributed by atoms with Crippen molar-refractivity contribution in [2.75, 3.05) is 19.6 Å². The molecule has 0 spiro atoms. The third kappa shape index (κ3) is 4.53. The molecule has 0 aromatic carbocycles. The Morgan fingerprint density at radius 2 is 2.00 bits per heavy atom. The van der Waals surface area contributed by atoms with Crippen LogP contribution in [0.1, 0.15) is 18.4 Å². The molecule has 0 saturated heterocycles. The van der Waals surface area contributed by atoms with Crippen molar-refractivity contribution in [2.45, 2.75) is 19.3 Å². The number of amides is 1. The molecule has 2 N–H and O–H groups in total. The minimum atomic E-state index is 0.223. The summed E-state index contributed by atoms with van der Waals surface area (Å²) in [4.78, 5) is 15.3. The van der Waals surface area contributed by atoms with E-state index in [1.807, 2.05) is 24.5 Å². The number of hydrogen-bond donors (Lipinski definition) is 2. The van der Waals surface area contributed by atoms with Crippen molar-refractivity contribution in [1.29, 1.82) is 0 Å². The Labute approximate surface area is 102 Å². The number of nitrogens with one attached hydrogen (secondary N) is 2. The second-order valence-electron chi connectivity index (χ2n) is 4.42. The van der Waals surface area contributed by atoms with Crippen LogP contribution in [-0.2, 0) is 11.2 Å². The van der Waals surface area contributed by atoms with Crippen LogP contribution in [-0.4, -0.2) is 30.5 Å². The lowest BCUT2D eigenvalue weighted by molar-refractivity contribution is -0.122. The number of rotatable bonds is 7. The highest BCUT2D eigenvalue weighted by Gasteiger charge is 2.28. The molecule has 1 aliphatic rings. The Morgan fingerprint density at radius 3 is 2.71 bits per heavy atom. The average molecular weight is 233 g/mol. The van der Waals surface area contributed by atoms with Gasteiger partial charge in [-0.3, -0.25) is 9.78 Å². The van der Waals surface area contributed by atoms with Gasteiger partial charge in [0.05, 0.1) is 0 Å². The van der Waals surface area contributed by atoms with Gasteiger partial charge in [0.25, 0.3) is 0 Å². The van der Waals surface area contributed by atoms with Gasteiger partial charge in [0.1, 0.15) is 0 Å². The second kappa shape index (κ2) is 6.35. The molecule has 1 heterocycles. The summed E-state index contributed by atoms with van der Waals surface area (Å²) < 4.78 is 0. The van der Waals surface area contributed by atoms with Crippen LogP contribution in [0.25, 0.3) is 0 Å². The van der Waals surface area contributed by atoms with Crippen molar-refractivity contribution in [3.05, 3.63) is 30.1 Å². The maximum atomic E-state index is 11.3. The van der Waals surface area contributed by atoms with Gasteiger partial charge in [-0.15, -0.1) is 0 Å². The lowest BCUT2D eigenvalue weighted by Gasteiger charge is -2.06. The molecule has 1 aromatic rings. The molecular formula is C13H19N3O. The first-order valence-corrected chi connectivity index (χ1v) is 6.23. The van der Waals surface area contributed by atoms with Crippen LogP contribution in [0.5, 0.6) is 0 Å². The Morgan fingerprint density at radius 1 is 1.24 bits per heavy atom. The number of nitrogens with zero attached hydrogens (tertiary/aromatic N) is 1. The molecular weight excluding hydrogens is 214 g/mol. The predicted octanol–water partition coefficient (Wildman–Crippen LogP) is 0.740. The third-order valence-electron chi connectivity index (χ3n) is 2.89. The van der Waals surface area contributed by atoms with Crippen LogP contribution in [0.15, 0.2) is 24.5 Å². The smallest absolute Gasteiger partial charge is 0.223 e. The van der Waals surface area contributed by atoms with E-state index in [4.69, 9.17) is 0 Å². The SMILES string of the molecule is O=C(NCCNCCc1ccncc1)C1CC1. The average Bonchev–Trinajstić information content (AvgIpc) is 3.19. The zero-order valence-electron chi connectivity index (χ0n) is 9.98. The Balaban J connectivity index is 1.47. The van der Waals surface area contributed by atoms with Crippen LogP contribution >= 0.6 is 0 Å². The van der Waals surface area contributed by atoms with Crippen LogP contribution in [0.3, 0.4) is 0 Å². The molecule has 4 heteroatoms. The molecule has 1 aliphatic carbocycles. The van der Waals surface area contributed by atoms with Crippen molar-refractivity contribution in [3.63, 3.8) is 0 Å². The van der Waals surface area contributed by atoms with Gasteiger partial charge in [0, 0.05) is 31.4 Å². The van der Waals surface area contributed by atoms with Gasteiger partial charge < -0.3 is 10.6 Å². The van der Waals surface area contributed by atoms with E-state index >= 15 is 0 Å².